The fraction of sp³-hybridized carbons (Fsp3) is 0.500. The SMILES string of the molecule is COc1ccc2c(c1)c(C1(N)CCCCC1)cn2C. The van der Waals surface area contributed by atoms with E-state index in [1.54, 1.807) is 7.11 Å². The lowest BCUT2D eigenvalue weighted by Crippen LogP contribution is -2.38. The second kappa shape index (κ2) is 4.57. The van der Waals surface area contributed by atoms with E-state index in [9.17, 15) is 0 Å². The second-order valence-corrected chi connectivity index (χ2v) is 5.75. The average Bonchev–Trinajstić information content (AvgIpc) is 2.77. The number of fused-ring (bicyclic) bond motifs is 1. The summed E-state index contributed by atoms with van der Waals surface area (Å²) in [6.07, 6.45) is 8.16. The van der Waals surface area contributed by atoms with Crippen LogP contribution in [0.4, 0.5) is 0 Å². The molecule has 2 aromatic rings. The third-order valence-electron chi connectivity index (χ3n) is 4.48. The number of ether oxygens (including phenoxy) is 1. The quantitative estimate of drug-likeness (QED) is 0.897. The molecule has 1 aromatic carbocycles. The molecule has 0 unspecified atom stereocenters. The van der Waals surface area contributed by atoms with E-state index >= 15 is 0 Å². The topological polar surface area (TPSA) is 40.2 Å². The van der Waals surface area contributed by atoms with Gasteiger partial charge in [0.2, 0.25) is 0 Å². The zero-order valence-electron chi connectivity index (χ0n) is 11.8. The molecular weight excluding hydrogens is 236 g/mol. The molecule has 3 nitrogen and oxygen atoms in total. The predicted molar refractivity (Wildman–Crippen MR) is 78.4 cm³/mol. The van der Waals surface area contributed by atoms with Crippen LogP contribution < -0.4 is 10.5 Å². The van der Waals surface area contributed by atoms with E-state index in [2.05, 4.69) is 29.9 Å². The first-order chi connectivity index (χ1) is 9.14. The molecule has 0 spiro atoms. The number of methoxy groups -OCH3 is 1. The maximum Gasteiger partial charge on any atom is 0.119 e. The number of nitrogens with zero attached hydrogens (tertiary/aromatic N) is 1. The molecule has 0 saturated heterocycles. The Hall–Kier alpha value is -1.48. The summed E-state index contributed by atoms with van der Waals surface area (Å²) < 4.78 is 7.53. The first-order valence-corrected chi connectivity index (χ1v) is 7.06. The van der Waals surface area contributed by atoms with Gasteiger partial charge in [-0.15, -0.1) is 0 Å². The Labute approximate surface area is 114 Å². The standard InChI is InChI=1S/C16H22N2O/c1-18-11-14(16(17)8-4-3-5-9-16)13-10-12(19-2)6-7-15(13)18/h6-7,10-11H,3-5,8-9,17H2,1-2H3. The van der Waals surface area contributed by atoms with E-state index in [1.807, 2.05) is 6.07 Å². The highest BCUT2D eigenvalue weighted by Gasteiger charge is 2.32. The molecule has 1 aromatic heterocycles. The Kier molecular flexibility index (Phi) is 3.02. The molecule has 1 aliphatic rings. The number of rotatable bonds is 2. The van der Waals surface area contributed by atoms with E-state index in [0.717, 1.165) is 18.6 Å². The maximum absolute atomic E-state index is 6.70. The van der Waals surface area contributed by atoms with Crippen molar-refractivity contribution in [3.8, 4) is 5.75 Å². The molecule has 0 aliphatic heterocycles. The van der Waals surface area contributed by atoms with E-state index in [-0.39, 0.29) is 5.54 Å². The minimum Gasteiger partial charge on any atom is -0.497 e. The Morgan fingerprint density at radius 3 is 2.63 bits per heavy atom. The van der Waals surface area contributed by atoms with Gasteiger partial charge in [0.15, 0.2) is 0 Å². The molecular formula is C16H22N2O. The van der Waals surface area contributed by atoms with Crippen LogP contribution in [-0.4, -0.2) is 11.7 Å². The highest BCUT2D eigenvalue weighted by Crippen LogP contribution is 2.39. The lowest BCUT2D eigenvalue weighted by Gasteiger charge is -2.33. The summed E-state index contributed by atoms with van der Waals surface area (Å²) in [5, 5.41) is 1.24. The number of nitrogens with two attached hydrogens (primary N) is 1. The third-order valence-corrected chi connectivity index (χ3v) is 4.48. The maximum atomic E-state index is 6.70. The molecule has 2 N–H and O–H groups in total. The number of hydrogen-bond donors (Lipinski definition) is 1. The fourth-order valence-corrected chi connectivity index (χ4v) is 3.35. The van der Waals surface area contributed by atoms with Crippen LogP contribution in [0.25, 0.3) is 10.9 Å². The van der Waals surface area contributed by atoms with Gasteiger partial charge in [-0.2, -0.15) is 0 Å². The van der Waals surface area contributed by atoms with Crippen LogP contribution in [0.15, 0.2) is 24.4 Å². The second-order valence-electron chi connectivity index (χ2n) is 5.75. The lowest BCUT2D eigenvalue weighted by atomic mass is 9.77. The van der Waals surface area contributed by atoms with Crippen LogP contribution in [0, 0.1) is 0 Å². The van der Waals surface area contributed by atoms with E-state index in [1.165, 1.54) is 35.7 Å². The Morgan fingerprint density at radius 2 is 1.95 bits per heavy atom. The Balaban J connectivity index is 2.17. The van der Waals surface area contributed by atoms with Crippen LogP contribution in [0.3, 0.4) is 0 Å². The van der Waals surface area contributed by atoms with Crippen molar-refractivity contribution in [3.63, 3.8) is 0 Å². The molecule has 1 saturated carbocycles. The normalized spacial score (nSPS) is 18.7. The van der Waals surface area contributed by atoms with Crippen molar-refractivity contribution < 1.29 is 4.74 Å². The molecule has 3 heteroatoms. The lowest BCUT2D eigenvalue weighted by molar-refractivity contribution is 0.304. The van der Waals surface area contributed by atoms with Crippen LogP contribution in [0.5, 0.6) is 5.75 Å². The van der Waals surface area contributed by atoms with Crippen molar-refractivity contribution in [2.75, 3.05) is 7.11 Å². The van der Waals surface area contributed by atoms with Crippen molar-refractivity contribution in [1.82, 2.24) is 4.57 Å². The summed E-state index contributed by atoms with van der Waals surface area (Å²) in [5.74, 6) is 0.902. The van der Waals surface area contributed by atoms with Gasteiger partial charge in [0.25, 0.3) is 0 Å². The molecule has 1 fully saturated rings. The van der Waals surface area contributed by atoms with Crippen molar-refractivity contribution in [2.24, 2.45) is 12.8 Å². The third kappa shape index (κ3) is 2.02. The van der Waals surface area contributed by atoms with Crippen LogP contribution in [-0.2, 0) is 12.6 Å². The van der Waals surface area contributed by atoms with Crippen LogP contribution in [0.2, 0.25) is 0 Å². The Morgan fingerprint density at radius 1 is 1.21 bits per heavy atom. The van der Waals surface area contributed by atoms with Crippen LogP contribution in [0.1, 0.15) is 37.7 Å². The monoisotopic (exact) mass is 258 g/mol. The molecule has 0 atom stereocenters. The highest BCUT2D eigenvalue weighted by atomic mass is 16.5. The molecule has 19 heavy (non-hydrogen) atoms. The van der Waals surface area contributed by atoms with E-state index in [4.69, 9.17) is 10.5 Å². The molecule has 102 valence electrons. The predicted octanol–water partition coefficient (Wildman–Crippen LogP) is 3.31. The number of benzene rings is 1. The summed E-state index contributed by atoms with van der Waals surface area (Å²) in [6.45, 7) is 0. The van der Waals surface area contributed by atoms with Gasteiger partial charge in [-0.05, 0) is 36.6 Å². The summed E-state index contributed by atoms with van der Waals surface area (Å²) in [4.78, 5) is 0. The largest absolute Gasteiger partial charge is 0.497 e. The van der Waals surface area contributed by atoms with Crippen molar-refractivity contribution >= 4 is 10.9 Å². The minimum atomic E-state index is -0.163. The summed E-state index contributed by atoms with van der Waals surface area (Å²) >= 11 is 0. The number of aryl methyl sites for hydroxylation is 1. The first kappa shape index (κ1) is 12.5. The molecule has 0 radical (unpaired) electrons. The van der Waals surface area contributed by atoms with Crippen molar-refractivity contribution in [2.45, 2.75) is 37.6 Å². The zero-order valence-corrected chi connectivity index (χ0v) is 11.8. The van der Waals surface area contributed by atoms with Crippen molar-refractivity contribution in [1.29, 1.82) is 0 Å². The smallest absolute Gasteiger partial charge is 0.119 e. The van der Waals surface area contributed by atoms with Gasteiger partial charge in [0.1, 0.15) is 5.75 Å². The van der Waals surface area contributed by atoms with Gasteiger partial charge in [-0.3, -0.25) is 0 Å². The van der Waals surface area contributed by atoms with E-state index in [0.29, 0.717) is 0 Å². The van der Waals surface area contributed by atoms with Gasteiger partial charge >= 0.3 is 0 Å². The minimum absolute atomic E-state index is 0.163. The van der Waals surface area contributed by atoms with Crippen molar-refractivity contribution in [3.05, 3.63) is 30.0 Å². The number of aromatic nitrogens is 1. The zero-order chi connectivity index (χ0) is 13.5. The summed E-state index contributed by atoms with van der Waals surface area (Å²) in [5.41, 5.74) is 9.04. The highest BCUT2D eigenvalue weighted by molar-refractivity contribution is 5.86. The van der Waals surface area contributed by atoms with Gasteiger partial charge in [-0.25, -0.2) is 0 Å². The fourth-order valence-electron chi connectivity index (χ4n) is 3.35. The van der Waals surface area contributed by atoms with Gasteiger partial charge in [-0.1, -0.05) is 19.3 Å². The van der Waals surface area contributed by atoms with Gasteiger partial charge in [0, 0.05) is 29.7 Å². The van der Waals surface area contributed by atoms with Gasteiger partial charge in [0.05, 0.1) is 7.11 Å². The Bertz CT molecular complexity index is 594. The van der Waals surface area contributed by atoms with Gasteiger partial charge < -0.3 is 15.0 Å². The summed E-state index contributed by atoms with van der Waals surface area (Å²) in [6, 6.07) is 6.24. The molecule has 1 aliphatic carbocycles. The summed E-state index contributed by atoms with van der Waals surface area (Å²) in [7, 11) is 3.80. The van der Waals surface area contributed by atoms with E-state index < -0.39 is 0 Å². The molecule has 0 amide bonds. The molecule has 3 rings (SSSR count). The first-order valence-electron chi connectivity index (χ1n) is 7.06. The average molecular weight is 258 g/mol. The molecule has 1 heterocycles. The van der Waals surface area contributed by atoms with Crippen LogP contribution >= 0.6 is 0 Å². The number of hydrogen-bond acceptors (Lipinski definition) is 2. The molecule has 0 bridgehead atoms.